The zero-order valence-corrected chi connectivity index (χ0v) is 14.0. The Morgan fingerprint density at radius 3 is 2.50 bits per heavy atom. The van der Waals surface area contributed by atoms with Gasteiger partial charge < -0.3 is 4.90 Å². The maximum Gasteiger partial charge on any atom is 0.272 e. The third kappa shape index (κ3) is 4.19. The molecule has 0 heterocycles. The summed E-state index contributed by atoms with van der Waals surface area (Å²) in [6, 6.07) is 7.53. The molecular formula is C14H13ClFN3O4S. The Hall–Kier alpha value is -2.23. The summed E-state index contributed by atoms with van der Waals surface area (Å²) in [5.41, 5.74) is 0.400. The fourth-order valence-corrected chi connectivity index (χ4v) is 2.75. The first kappa shape index (κ1) is 18.1. The van der Waals surface area contributed by atoms with Crippen molar-refractivity contribution in [3.63, 3.8) is 0 Å². The SMILES string of the molecule is CN(Cc1ccc(Cl)c(F)c1)c1cc([N+](=O)[O-])cc(S(N)(=O)=O)c1. The third-order valence-electron chi connectivity index (χ3n) is 3.26. The van der Waals surface area contributed by atoms with Gasteiger partial charge in [-0.25, -0.2) is 17.9 Å². The zero-order chi connectivity index (χ0) is 18.1. The molecule has 0 atom stereocenters. The number of nitro groups is 1. The van der Waals surface area contributed by atoms with Crippen molar-refractivity contribution in [3.8, 4) is 0 Å². The van der Waals surface area contributed by atoms with Gasteiger partial charge in [-0.2, -0.15) is 0 Å². The topological polar surface area (TPSA) is 107 Å². The number of halogens is 2. The maximum absolute atomic E-state index is 13.5. The summed E-state index contributed by atoms with van der Waals surface area (Å²) in [5, 5.41) is 16.0. The van der Waals surface area contributed by atoms with Crippen LogP contribution in [0.15, 0.2) is 41.3 Å². The molecule has 0 aliphatic rings. The Balaban J connectivity index is 2.40. The van der Waals surface area contributed by atoms with E-state index in [0.29, 0.717) is 5.56 Å². The lowest BCUT2D eigenvalue weighted by Gasteiger charge is -2.20. The average molecular weight is 374 g/mol. The van der Waals surface area contributed by atoms with Gasteiger partial charge in [0.05, 0.1) is 14.8 Å². The zero-order valence-electron chi connectivity index (χ0n) is 12.4. The Labute approximate surface area is 142 Å². The molecule has 128 valence electrons. The van der Waals surface area contributed by atoms with Gasteiger partial charge in [-0.05, 0) is 23.8 Å². The van der Waals surface area contributed by atoms with Crippen LogP contribution in [0, 0.1) is 15.9 Å². The first-order valence-electron chi connectivity index (χ1n) is 6.55. The predicted octanol–water partition coefficient (Wildman–Crippen LogP) is 2.67. The maximum atomic E-state index is 13.5. The molecular weight excluding hydrogens is 361 g/mol. The van der Waals surface area contributed by atoms with E-state index in [9.17, 15) is 22.9 Å². The van der Waals surface area contributed by atoms with Crippen molar-refractivity contribution in [1.82, 2.24) is 0 Å². The van der Waals surface area contributed by atoms with Crippen LogP contribution >= 0.6 is 11.6 Å². The number of benzene rings is 2. The van der Waals surface area contributed by atoms with Crippen molar-refractivity contribution in [1.29, 1.82) is 0 Å². The van der Waals surface area contributed by atoms with Crippen LogP contribution in [0.5, 0.6) is 0 Å². The van der Waals surface area contributed by atoms with Crippen LogP contribution in [-0.4, -0.2) is 20.4 Å². The van der Waals surface area contributed by atoms with Crippen molar-refractivity contribution in [2.75, 3.05) is 11.9 Å². The molecule has 0 radical (unpaired) electrons. The number of nitrogens with two attached hydrogens (primary N) is 1. The minimum Gasteiger partial charge on any atom is -0.370 e. The normalized spacial score (nSPS) is 11.3. The second-order valence-corrected chi connectivity index (χ2v) is 7.06. The summed E-state index contributed by atoms with van der Waals surface area (Å²) in [6.45, 7) is 0.180. The van der Waals surface area contributed by atoms with Gasteiger partial charge in [0.25, 0.3) is 5.69 Å². The molecule has 0 aliphatic heterocycles. The molecule has 24 heavy (non-hydrogen) atoms. The van der Waals surface area contributed by atoms with Gasteiger partial charge in [0.15, 0.2) is 0 Å². The number of anilines is 1. The minimum absolute atomic E-state index is 0.0201. The number of sulfonamides is 1. The van der Waals surface area contributed by atoms with E-state index in [4.69, 9.17) is 16.7 Å². The number of non-ortho nitro benzene ring substituents is 1. The molecule has 0 aromatic heterocycles. The molecule has 0 unspecified atom stereocenters. The fourth-order valence-electron chi connectivity index (χ4n) is 2.06. The van der Waals surface area contributed by atoms with Crippen LogP contribution in [-0.2, 0) is 16.6 Å². The van der Waals surface area contributed by atoms with E-state index < -0.39 is 26.5 Å². The van der Waals surface area contributed by atoms with Crippen LogP contribution in [0.3, 0.4) is 0 Å². The quantitative estimate of drug-likeness (QED) is 0.640. The van der Waals surface area contributed by atoms with Crippen molar-refractivity contribution in [2.45, 2.75) is 11.4 Å². The molecule has 2 aromatic rings. The molecule has 0 saturated heterocycles. The standard InChI is InChI=1S/C14H13ClFN3O4S/c1-18(8-9-2-3-13(15)14(16)4-9)10-5-11(19(20)21)7-12(6-10)24(17,22)23/h2-7H,8H2,1H3,(H2,17,22,23). The van der Waals surface area contributed by atoms with Gasteiger partial charge in [-0.1, -0.05) is 17.7 Å². The molecule has 10 heteroatoms. The molecule has 0 amide bonds. The van der Waals surface area contributed by atoms with Gasteiger partial charge in [-0.15, -0.1) is 0 Å². The summed E-state index contributed by atoms with van der Waals surface area (Å²) in [7, 11) is -2.53. The van der Waals surface area contributed by atoms with Crippen LogP contribution in [0.1, 0.15) is 5.56 Å². The Bertz CT molecular complexity index is 905. The molecule has 0 fully saturated rings. The molecule has 0 aliphatic carbocycles. The number of rotatable bonds is 5. The third-order valence-corrected chi connectivity index (χ3v) is 4.46. The van der Waals surface area contributed by atoms with Crippen molar-refractivity contribution in [3.05, 3.63) is 62.9 Å². The second kappa shape index (κ2) is 6.71. The summed E-state index contributed by atoms with van der Waals surface area (Å²) >= 11 is 5.62. The number of hydrogen-bond acceptors (Lipinski definition) is 5. The van der Waals surface area contributed by atoms with Crippen LogP contribution < -0.4 is 10.0 Å². The van der Waals surface area contributed by atoms with Crippen molar-refractivity contribution >= 4 is 33.0 Å². The molecule has 0 spiro atoms. The highest BCUT2D eigenvalue weighted by molar-refractivity contribution is 7.89. The second-order valence-electron chi connectivity index (χ2n) is 5.09. The fraction of sp³-hybridized carbons (Fsp3) is 0.143. The smallest absolute Gasteiger partial charge is 0.272 e. The van der Waals surface area contributed by atoms with Gasteiger partial charge in [0, 0.05) is 31.4 Å². The minimum atomic E-state index is -4.11. The summed E-state index contributed by atoms with van der Waals surface area (Å²) in [6.07, 6.45) is 0. The molecule has 2 N–H and O–H groups in total. The Morgan fingerprint density at radius 2 is 1.96 bits per heavy atom. The monoisotopic (exact) mass is 373 g/mol. The highest BCUT2D eigenvalue weighted by Gasteiger charge is 2.18. The Kier molecular flexibility index (Phi) is 5.07. The van der Waals surface area contributed by atoms with Gasteiger partial charge >= 0.3 is 0 Å². The van der Waals surface area contributed by atoms with E-state index in [1.807, 2.05) is 0 Å². The highest BCUT2D eigenvalue weighted by Crippen LogP contribution is 2.27. The average Bonchev–Trinajstić information content (AvgIpc) is 2.49. The highest BCUT2D eigenvalue weighted by atomic mass is 35.5. The van der Waals surface area contributed by atoms with Crippen LogP contribution in [0.4, 0.5) is 15.8 Å². The number of nitrogens with zero attached hydrogens (tertiary/aromatic N) is 2. The van der Waals surface area contributed by atoms with E-state index in [2.05, 4.69) is 0 Å². The predicted molar refractivity (Wildman–Crippen MR) is 88.0 cm³/mol. The Morgan fingerprint density at radius 1 is 1.29 bits per heavy atom. The first-order valence-corrected chi connectivity index (χ1v) is 8.47. The van der Waals surface area contributed by atoms with E-state index in [-0.39, 0.29) is 22.2 Å². The van der Waals surface area contributed by atoms with E-state index in [0.717, 1.165) is 6.07 Å². The summed E-state index contributed by atoms with van der Waals surface area (Å²) in [5.74, 6) is -0.591. The van der Waals surface area contributed by atoms with Gasteiger partial charge in [-0.3, -0.25) is 10.1 Å². The lowest BCUT2D eigenvalue weighted by atomic mass is 10.2. The molecule has 2 aromatic carbocycles. The number of nitro benzene ring substituents is 1. The number of hydrogen-bond donors (Lipinski definition) is 1. The summed E-state index contributed by atoms with van der Waals surface area (Å²) in [4.78, 5) is 11.4. The van der Waals surface area contributed by atoms with Crippen LogP contribution in [0.2, 0.25) is 5.02 Å². The molecule has 0 bridgehead atoms. The number of primary sulfonamides is 1. The molecule has 0 saturated carbocycles. The summed E-state index contributed by atoms with van der Waals surface area (Å²) < 4.78 is 36.5. The lowest BCUT2D eigenvalue weighted by molar-refractivity contribution is -0.385. The largest absolute Gasteiger partial charge is 0.370 e. The van der Waals surface area contributed by atoms with Crippen LogP contribution in [0.25, 0.3) is 0 Å². The van der Waals surface area contributed by atoms with E-state index in [1.54, 1.807) is 13.1 Å². The van der Waals surface area contributed by atoms with E-state index >= 15 is 0 Å². The first-order chi connectivity index (χ1) is 11.1. The van der Waals surface area contributed by atoms with Crippen molar-refractivity contribution in [2.24, 2.45) is 5.14 Å². The van der Waals surface area contributed by atoms with E-state index in [1.165, 1.54) is 29.2 Å². The molecule has 2 rings (SSSR count). The van der Waals surface area contributed by atoms with Gasteiger partial charge in [0.2, 0.25) is 10.0 Å². The molecule has 7 nitrogen and oxygen atoms in total. The lowest BCUT2D eigenvalue weighted by Crippen LogP contribution is -2.18. The van der Waals surface area contributed by atoms with Crippen molar-refractivity contribution < 1.29 is 17.7 Å². The van der Waals surface area contributed by atoms with Gasteiger partial charge in [0.1, 0.15) is 5.82 Å².